The first-order valence-electron chi connectivity index (χ1n) is 12.9. The van der Waals surface area contributed by atoms with Gasteiger partial charge in [-0.2, -0.15) is 4.39 Å². The molecular weight excluding hydrogens is 497 g/mol. The first-order chi connectivity index (χ1) is 18.4. The number of pyridine rings is 1. The summed E-state index contributed by atoms with van der Waals surface area (Å²) in [7, 11) is 0. The van der Waals surface area contributed by atoms with Crippen LogP contribution < -0.4 is 10.6 Å². The van der Waals surface area contributed by atoms with Crippen molar-refractivity contribution in [3.8, 4) is 16.9 Å². The van der Waals surface area contributed by atoms with E-state index >= 15 is 0 Å². The van der Waals surface area contributed by atoms with E-state index in [1.807, 2.05) is 0 Å². The molecule has 3 aliphatic rings. The van der Waals surface area contributed by atoms with Crippen LogP contribution in [0.3, 0.4) is 0 Å². The molecule has 1 aliphatic carbocycles. The van der Waals surface area contributed by atoms with Crippen LogP contribution in [0.25, 0.3) is 16.9 Å². The second-order valence-electron chi connectivity index (χ2n) is 10.3. The number of piperidine rings is 1. The predicted molar refractivity (Wildman–Crippen MR) is 135 cm³/mol. The van der Waals surface area contributed by atoms with Gasteiger partial charge in [0.25, 0.3) is 5.91 Å². The van der Waals surface area contributed by atoms with Gasteiger partial charge in [0, 0.05) is 30.9 Å². The van der Waals surface area contributed by atoms with Crippen LogP contribution in [0.1, 0.15) is 35.2 Å². The second kappa shape index (κ2) is 10.0. The molecule has 1 unspecified atom stereocenters. The highest BCUT2D eigenvalue weighted by Gasteiger charge is 2.35. The normalized spacial score (nSPS) is 22.2. The van der Waals surface area contributed by atoms with Gasteiger partial charge in [-0.25, -0.2) is 18.7 Å². The number of aryl methyl sites for hydroxylation is 1. The average Bonchev–Trinajstić information content (AvgIpc) is 3.53. The summed E-state index contributed by atoms with van der Waals surface area (Å²) in [6, 6.07) is 4.33. The Labute approximate surface area is 218 Å². The average molecular weight is 527 g/mol. The Morgan fingerprint density at radius 3 is 2.66 bits per heavy atom. The number of carbonyl (C=O) groups is 1. The fourth-order valence-electron chi connectivity index (χ4n) is 4.97. The Balaban J connectivity index is 1.20. The Hall–Kier alpha value is -3.44. The third-order valence-corrected chi connectivity index (χ3v) is 7.49. The molecule has 0 spiro atoms. The number of hydrogen-bond acceptors (Lipinski definition) is 6. The van der Waals surface area contributed by atoms with Crippen molar-refractivity contribution in [3.05, 3.63) is 59.8 Å². The lowest BCUT2D eigenvalue weighted by Crippen LogP contribution is -2.57. The molecule has 1 aromatic carbocycles. The maximum Gasteiger partial charge on any atom is 0.254 e. The summed E-state index contributed by atoms with van der Waals surface area (Å²) < 4.78 is 50.9. The molecule has 2 saturated heterocycles. The maximum absolute atomic E-state index is 14.9. The Kier molecular flexibility index (Phi) is 6.56. The van der Waals surface area contributed by atoms with Gasteiger partial charge in [0.15, 0.2) is 0 Å². The van der Waals surface area contributed by atoms with E-state index in [-0.39, 0.29) is 23.3 Å². The zero-order valence-electron chi connectivity index (χ0n) is 21.0. The first kappa shape index (κ1) is 24.9. The number of aromatic nitrogens is 3. The van der Waals surface area contributed by atoms with Crippen molar-refractivity contribution in [1.29, 1.82) is 0 Å². The van der Waals surface area contributed by atoms with E-state index in [4.69, 9.17) is 4.74 Å². The number of anilines is 1. The van der Waals surface area contributed by atoms with Gasteiger partial charge < -0.3 is 19.9 Å². The molecule has 0 bridgehead atoms. The largest absolute Gasteiger partial charge is 0.378 e. The Bertz CT molecular complexity index is 1360. The summed E-state index contributed by atoms with van der Waals surface area (Å²) >= 11 is 0. The highest BCUT2D eigenvalue weighted by atomic mass is 19.1. The molecule has 2 atom stereocenters. The van der Waals surface area contributed by atoms with Gasteiger partial charge in [0.05, 0.1) is 48.4 Å². The highest BCUT2D eigenvalue weighted by Crippen LogP contribution is 2.29. The molecule has 2 aliphatic heterocycles. The van der Waals surface area contributed by atoms with Crippen molar-refractivity contribution < 1.29 is 22.7 Å². The van der Waals surface area contributed by atoms with Crippen LogP contribution in [0.4, 0.5) is 18.9 Å². The number of halogens is 3. The molecule has 4 heterocycles. The van der Waals surface area contributed by atoms with Crippen LogP contribution in [0.2, 0.25) is 0 Å². The van der Waals surface area contributed by atoms with Crippen molar-refractivity contribution in [3.63, 3.8) is 0 Å². The van der Waals surface area contributed by atoms with Crippen LogP contribution in [0.5, 0.6) is 0 Å². The zero-order chi connectivity index (χ0) is 26.4. The topological polar surface area (TPSA) is 84.3 Å². The number of benzene rings is 1. The summed E-state index contributed by atoms with van der Waals surface area (Å²) in [5.74, 6) is -1.77. The predicted octanol–water partition coefficient (Wildman–Crippen LogP) is 3.64. The molecule has 200 valence electrons. The number of alkyl halides is 1. The van der Waals surface area contributed by atoms with Crippen LogP contribution >= 0.6 is 0 Å². The smallest absolute Gasteiger partial charge is 0.254 e. The highest BCUT2D eigenvalue weighted by molar-refractivity contribution is 5.96. The van der Waals surface area contributed by atoms with Crippen molar-refractivity contribution in [2.24, 2.45) is 0 Å². The number of hydrogen-bond donors (Lipinski definition) is 2. The number of amides is 1. The molecule has 3 aromatic rings. The Morgan fingerprint density at radius 2 is 1.95 bits per heavy atom. The van der Waals surface area contributed by atoms with Crippen LogP contribution in [-0.4, -0.2) is 75.9 Å². The number of imidazole rings is 1. The molecule has 38 heavy (non-hydrogen) atoms. The van der Waals surface area contributed by atoms with Crippen molar-refractivity contribution in [2.75, 3.05) is 31.6 Å². The van der Waals surface area contributed by atoms with Gasteiger partial charge in [-0.1, -0.05) is 0 Å². The van der Waals surface area contributed by atoms with Crippen LogP contribution in [0.15, 0.2) is 36.9 Å². The third kappa shape index (κ3) is 5.00. The quantitative estimate of drug-likeness (QED) is 0.458. The minimum Gasteiger partial charge on any atom is -0.378 e. The van der Waals surface area contributed by atoms with E-state index < -0.39 is 29.9 Å². The summed E-state index contributed by atoms with van der Waals surface area (Å²) in [6.07, 6.45) is 5.71. The summed E-state index contributed by atoms with van der Waals surface area (Å²) in [4.78, 5) is 22.9. The van der Waals surface area contributed by atoms with E-state index in [2.05, 4.69) is 25.5 Å². The van der Waals surface area contributed by atoms with Crippen LogP contribution in [-0.2, 0) is 4.74 Å². The monoisotopic (exact) mass is 526 g/mol. The van der Waals surface area contributed by atoms with Crippen LogP contribution in [0, 0.1) is 18.7 Å². The van der Waals surface area contributed by atoms with E-state index in [0.29, 0.717) is 48.7 Å². The van der Waals surface area contributed by atoms with E-state index in [0.717, 1.165) is 19.4 Å². The summed E-state index contributed by atoms with van der Waals surface area (Å²) in [5.41, 5.74) is 2.21. The van der Waals surface area contributed by atoms with Crippen molar-refractivity contribution in [1.82, 2.24) is 24.8 Å². The fourth-order valence-corrected chi connectivity index (χ4v) is 4.97. The number of carbonyl (C=O) groups excluding carboxylic acids is 1. The van der Waals surface area contributed by atoms with Gasteiger partial charge >= 0.3 is 0 Å². The fraction of sp³-hybridized carbons (Fsp3) is 0.444. The lowest BCUT2D eigenvalue weighted by molar-refractivity contribution is -0.0794. The van der Waals surface area contributed by atoms with E-state index in [1.54, 1.807) is 19.2 Å². The van der Waals surface area contributed by atoms with Gasteiger partial charge in [0.1, 0.15) is 24.0 Å². The first-order valence-corrected chi connectivity index (χ1v) is 12.9. The van der Waals surface area contributed by atoms with Gasteiger partial charge in [0.2, 0.25) is 5.95 Å². The SMILES string of the molecule is Cc1cc(F)c(C(=O)NC2CC2)cc1-c1cn(-c2cc(NC3CCN(C4COC4)C[C@H]3F)cnc2F)cn1. The van der Waals surface area contributed by atoms with Gasteiger partial charge in [-0.05, 0) is 49.9 Å². The number of ether oxygens (including phenoxy) is 1. The molecule has 6 rings (SSSR count). The molecule has 3 fully saturated rings. The lowest BCUT2D eigenvalue weighted by Gasteiger charge is -2.43. The number of nitrogens with zero attached hydrogens (tertiary/aromatic N) is 4. The minimum atomic E-state index is -1.08. The number of nitrogens with one attached hydrogen (secondary N) is 2. The Morgan fingerprint density at radius 1 is 1.13 bits per heavy atom. The second-order valence-corrected chi connectivity index (χ2v) is 10.3. The zero-order valence-corrected chi connectivity index (χ0v) is 21.0. The third-order valence-electron chi connectivity index (χ3n) is 7.49. The molecule has 1 amide bonds. The molecule has 2 aromatic heterocycles. The lowest BCUT2D eigenvalue weighted by atomic mass is 10.0. The number of rotatable bonds is 7. The molecule has 0 radical (unpaired) electrons. The van der Waals surface area contributed by atoms with E-state index in [1.165, 1.54) is 29.2 Å². The maximum atomic E-state index is 14.9. The van der Waals surface area contributed by atoms with Crippen molar-refractivity contribution >= 4 is 11.6 Å². The molecule has 11 heteroatoms. The minimum absolute atomic E-state index is 0.0530. The number of likely N-dealkylation sites (tertiary alicyclic amines) is 1. The van der Waals surface area contributed by atoms with Gasteiger partial charge in [-0.3, -0.25) is 9.69 Å². The van der Waals surface area contributed by atoms with Crippen molar-refractivity contribution in [2.45, 2.75) is 50.5 Å². The molecule has 8 nitrogen and oxygen atoms in total. The van der Waals surface area contributed by atoms with E-state index in [9.17, 15) is 18.0 Å². The summed E-state index contributed by atoms with van der Waals surface area (Å²) in [5, 5.41) is 5.98. The molecular formula is C27H29F3N6O2. The van der Waals surface area contributed by atoms with Gasteiger partial charge in [-0.15, -0.1) is 0 Å². The standard InChI is InChI=1S/C27H29F3N6O2/c1-15-6-21(28)20(27(37)34-16-2-3-16)8-19(15)24-11-36(14-32-24)25-7-17(9-31-26(25)30)33-23-4-5-35(10-22(23)29)18-12-38-13-18/h6-9,11,14,16,18,22-23,33H,2-5,10,12-13H2,1H3,(H,34,37)/t22-,23?/m1/s1. The molecule has 1 saturated carbocycles. The summed E-state index contributed by atoms with van der Waals surface area (Å²) in [6.45, 7) is 4.11. The molecule has 2 N–H and O–H groups in total.